The molecule has 2 rings (SSSR count). The maximum atomic E-state index is 12.5. The van der Waals surface area contributed by atoms with Crippen molar-refractivity contribution in [3.8, 4) is 0 Å². The van der Waals surface area contributed by atoms with Crippen LogP contribution < -0.4 is 0 Å². The van der Waals surface area contributed by atoms with Gasteiger partial charge in [-0.15, -0.1) is 0 Å². The van der Waals surface area contributed by atoms with Crippen LogP contribution in [0, 0.1) is 0 Å². The molecule has 1 aromatic rings. The quantitative estimate of drug-likeness (QED) is 0.814. The first-order chi connectivity index (χ1) is 11.2. The second-order valence-corrected chi connectivity index (χ2v) is 6.50. The molecule has 6 nitrogen and oxygen atoms in total. The van der Waals surface area contributed by atoms with E-state index in [0.29, 0.717) is 31.6 Å². The van der Waals surface area contributed by atoms with Gasteiger partial charge in [-0.25, -0.2) is 9.97 Å². The van der Waals surface area contributed by atoms with Crippen LogP contribution in [0.15, 0.2) is 12.4 Å². The minimum atomic E-state index is -0.0499. The number of hydrogen-bond donors (Lipinski definition) is 0. The van der Waals surface area contributed by atoms with Crippen LogP contribution in [0.2, 0.25) is 0 Å². The van der Waals surface area contributed by atoms with Crippen LogP contribution in [-0.4, -0.2) is 69.8 Å². The molecule has 0 spiro atoms. The summed E-state index contributed by atoms with van der Waals surface area (Å²) in [6.07, 6.45) is 7.33. The molecule has 0 saturated carbocycles. The van der Waals surface area contributed by atoms with Gasteiger partial charge in [-0.1, -0.05) is 6.92 Å². The van der Waals surface area contributed by atoms with Crippen molar-refractivity contribution in [2.24, 2.45) is 0 Å². The standard InChI is InChI=1S/C16H24N4O2S/c1-3-14-17-11-13(12-18-14)16(22)20-7-4-6-19(8-9-20)15(21)5-10-23-2/h11-12H,3-10H2,1-2H3. The number of aryl methyl sites for hydroxylation is 1. The molecule has 126 valence electrons. The van der Waals surface area contributed by atoms with E-state index in [2.05, 4.69) is 9.97 Å². The van der Waals surface area contributed by atoms with Gasteiger partial charge in [-0.3, -0.25) is 9.59 Å². The maximum Gasteiger partial charge on any atom is 0.257 e. The van der Waals surface area contributed by atoms with Crippen LogP contribution in [0.5, 0.6) is 0 Å². The van der Waals surface area contributed by atoms with Gasteiger partial charge in [0.1, 0.15) is 5.82 Å². The van der Waals surface area contributed by atoms with Gasteiger partial charge in [0, 0.05) is 57.2 Å². The van der Waals surface area contributed by atoms with E-state index >= 15 is 0 Å². The monoisotopic (exact) mass is 336 g/mol. The number of nitrogens with zero attached hydrogens (tertiary/aromatic N) is 4. The zero-order valence-electron chi connectivity index (χ0n) is 13.8. The minimum absolute atomic E-state index is 0.0499. The average molecular weight is 336 g/mol. The first kappa shape index (κ1) is 17.7. The molecule has 0 bridgehead atoms. The van der Waals surface area contributed by atoms with Gasteiger partial charge in [-0.2, -0.15) is 11.8 Å². The maximum absolute atomic E-state index is 12.5. The molecule has 1 aromatic heterocycles. The Balaban J connectivity index is 1.93. The van der Waals surface area contributed by atoms with E-state index in [9.17, 15) is 9.59 Å². The van der Waals surface area contributed by atoms with E-state index in [4.69, 9.17) is 0 Å². The van der Waals surface area contributed by atoms with Crippen LogP contribution in [0.25, 0.3) is 0 Å². The molecule has 7 heteroatoms. The smallest absolute Gasteiger partial charge is 0.257 e. The second kappa shape index (κ2) is 8.86. The predicted molar refractivity (Wildman–Crippen MR) is 91.5 cm³/mol. The van der Waals surface area contributed by atoms with Gasteiger partial charge in [-0.05, 0) is 12.7 Å². The lowest BCUT2D eigenvalue weighted by molar-refractivity contribution is -0.130. The predicted octanol–water partition coefficient (Wildman–Crippen LogP) is 1.47. The van der Waals surface area contributed by atoms with Gasteiger partial charge in [0.05, 0.1) is 5.56 Å². The molecular weight excluding hydrogens is 312 g/mol. The second-order valence-electron chi connectivity index (χ2n) is 5.51. The summed E-state index contributed by atoms with van der Waals surface area (Å²) < 4.78 is 0. The van der Waals surface area contributed by atoms with Gasteiger partial charge >= 0.3 is 0 Å². The summed E-state index contributed by atoms with van der Waals surface area (Å²) in [6, 6.07) is 0. The fraction of sp³-hybridized carbons (Fsp3) is 0.625. The molecule has 2 heterocycles. The summed E-state index contributed by atoms with van der Waals surface area (Å²) >= 11 is 1.68. The lowest BCUT2D eigenvalue weighted by Gasteiger charge is -2.22. The summed E-state index contributed by atoms with van der Waals surface area (Å²) in [5, 5.41) is 0. The Hall–Kier alpha value is -1.63. The molecule has 0 atom stereocenters. The molecule has 0 aromatic carbocycles. The molecule has 2 amide bonds. The van der Waals surface area contributed by atoms with Crippen LogP contribution in [-0.2, 0) is 11.2 Å². The van der Waals surface area contributed by atoms with Crippen molar-refractivity contribution < 1.29 is 9.59 Å². The molecule has 0 aliphatic carbocycles. The summed E-state index contributed by atoms with van der Waals surface area (Å²) in [6.45, 7) is 4.55. The Morgan fingerprint density at radius 1 is 1.13 bits per heavy atom. The highest BCUT2D eigenvalue weighted by atomic mass is 32.2. The number of thioether (sulfide) groups is 1. The normalized spacial score (nSPS) is 15.4. The summed E-state index contributed by atoms with van der Waals surface area (Å²) in [4.78, 5) is 36.7. The van der Waals surface area contributed by atoms with Crippen LogP contribution >= 0.6 is 11.8 Å². The minimum Gasteiger partial charge on any atom is -0.341 e. The van der Waals surface area contributed by atoms with Crippen molar-refractivity contribution in [2.45, 2.75) is 26.2 Å². The van der Waals surface area contributed by atoms with E-state index in [1.165, 1.54) is 0 Å². The van der Waals surface area contributed by atoms with Gasteiger partial charge in [0.15, 0.2) is 0 Å². The van der Waals surface area contributed by atoms with Gasteiger partial charge in [0.2, 0.25) is 5.91 Å². The Morgan fingerprint density at radius 2 is 1.78 bits per heavy atom. The molecule has 1 aliphatic rings. The van der Waals surface area contributed by atoms with E-state index in [1.54, 1.807) is 29.1 Å². The molecule has 23 heavy (non-hydrogen) atoms. The molecule has 1 aliphatic heterocycles. The van der Waals surface area contributed by atoms with E-state index in [0.717, 1.165) is 31.0 Å². The van der Waals surface area contributed by atoms with Crippen molar-refractivity contribution in [1.82, 2.24) is 19.8 Å². The van der Waals surface area contributed by atoms with E-state index in [1.807, 2.05) is 18.1 Å². The van der Waals surface area contributed by atoms with E-state index in [-0.39, 0.29) is 11.8 Å². The van der Waals surface area contributed by atoms with Crippen LogP contribution in [0.1, 0.15) is 35.9 Å². The summed E-state index contributed by atoms with van der Waals surface area (Å²) in [5.74, 6) is 1.72. The molecular formula is C16H24N4O2S. The first-order valence-corrected chi connectivity index (χ1v) is 9.42. The molecule has 0 radical (unpaired) electrons. The largest absolute Gasteiger partial charge is 0.341 e. The lowest BCUT2D eigenvalue weighted by Crippen LogP contribution is -2.37. The fourth-order valence-electron chi connectivity index (χ4n) is 2.55. The topological polar surface area (TPSA) is 66.4 Å². The van der Waals surface area contributed by atoms with Crippen LogP contribution in [0.4, 0.5) is 0 Å². The van der Waals surface area contributed by atoms with Crippen molar-refractivity contribution in [1.29, 1.82) is 0 Å². The third kappa shape index (κ3) is 4.92. The zero-order chi connectivity index (χ0) is 16.7. The highest BCUT2D eigenvalue weighted by Gasteiger charge is 2.22. The van der Waals surface area contributed by atoms with Crippen LogP contribution in [0.3, 0.4) is 0 Å². The highest BCUT2D eigenvalue weighted by Crippen LogP contribution is 2.10. The number of carbonyl (C=O) groups is 2. The van der Waals surface area contributed by atoms with Crippen molar-refractivity contribution >= 4 is 23.6 Å². The van der Waals surface area contributed by atoms with Gasteiger partial charge < -0.3 is 9.80 Å². The number of amides is 2. The Labute approximate surface area is 141 Å². The number of hydrogen-bond acceptors (Lipinski definition) is 5. The number of rotatable bonds is 5. The number of aromatic nitrogens is 2. The summed E-state index contributed by atoms with van der Waals surface area (Å²) in [5.41, 5.74) is 0.518. The third-order valence-corrected chi connectivity index (χ3v) is 4.54. The molecule has 1 saturated heterocycles. The fourth-order valence-corrected chi connectivity index (χ4v) is 2.93. The molecule has 0 N–H and O–H groups in total. The zero-order valence-corrected chi connectivity index (χ0v) is 14.6. The average Bonchev–Trinajstić information content (AvgIpc) is 2.85. The SMILES string of the molecule is CCc1ncc(C(=O)N2CCCN(C(=O)CCSC)CC2)cn1. The Bertz CT molecular complexity index is 535. The van der Waals surface area contributed by atoms with Crippen molar-refractivity contribution in [2.75, 3.05) is 38.2 Å². The Morgan fingerprint density at radius 3 is 2.43 bits per heavy atom. The number of carbonyl (C=O) groups excluding carboxylic acids is 2. The summed E-state index contributed by atoms with van der Waals surface area (Å²) in [7, 11) is 0. The Kier molecular flexibility index (Phi) is 6.83. The highest BCUT2D eigenvalue weighted by molar-refractivity contribution is 7.98. The molecule has 0 unspecified atom stereocenters. The lowest BCUT2D eigenvalue weighted by atomic mass is 10.2. The van der Waals surface area contributed by atoms with Gasteiger partial charge in [0.25, 0.3) is 5.91 Å². The van der Waals surface area contributed by atoms with Crippen molar-refractivity contribution in [3.63, 3.8) is 0 Å². The third-order valence-electron chi connectivity index (χ3n) is 3.92. The molecule has 1 fully saturated rings. The van der Waals surface area contributed by atoms with E-state index < -0.39 is 0 Å². The first-order valence-electron chi connectivity index (χ1n) is 8.02. The van der Waals surface area contributed by atoms with Crippen molar-refractivity contribution in [3.05, 3.63) is 23.8 Å².